The molecule has 2 aromatic rings. The molecule has 2 rings (SSSR count). The lowest BCUT2D eigenvalue weighted by molar-refractivity contribution is -0.165. The van der Waals surface area contributed by atoms with E-state index in [0.29, 0.717) is 11.1 Å². The molecule has 0 spiro atoms. The van der Waals surface area contributed by atoms with Crippen LogP contribution in [0.5, 0.6) is 23.0 Å². The van der Waals surface area contributed by atoms with E-state index in [-0.39, 0.29) is 42.4 Å². The van der Waals surface area contributed by atoms with E-state index in [0.717, 1.165) is 6.08 Å². The van der Waals surface area contributed by atoms with E-state index in [1.54, 1.807) is 12.1 Å². The topological polar surface area (TPSA) is 160 Å². The fourth-order valence-corrected chi connectivity index (χ4v) is 2.33. The molecule has 10 heteroatoms. The van der Waals surface area contributed by atoms with Crippen molar-refractivity contribution in [3.05, 3.63) is 59.7 Å². The number of benzene rings is 2. The molecular weight excluding hydrogens is 436 g/mol. The van der Waals surface area contributed by atoms with Gasteiger partial charge in [-0.15, -0.1) is 0 Å². The van der Waals surface area contributed by atoms with E-state index in [2.05, 4.69) is 0 Å². The third-order valence-electron chi connectivity index (χ3n) is 4.02. The Labute approximate surface area is 188 Å². The minimum Gasteiger partial charge on any atom is -0.504 e. The first-order valence-corrected chi connectivity index (χ1v) is 9.61. The lowest BCUT2D eigenvalue weighted by Gasteiger charge is -2.05. The van der Waals surface area contributed by atoms with E-state index in [9.17, 15) is 34.8 Å². The molecule has 174 valence electrons. The summed E-state index contributed by atoms with van der Waals surface area (Å²) in [5, 5.41) is 37.2. The molecule has 2 aromatic carbocycles. The van der Waals surface area contributed by atoms with Gasteiger partial charge in [-0.3, -0.25) is 9.59 Å². The zero-order valence-corrected chi connectivity index (χ0v) is 17.3. The summed E-state index contributed by atoms with van der Waals surface area (Å²) < 4.78 is 14.3. The van der Waals surface area contributed by atoms with Crippen LogP contribution in [-0.4, -0.2) is 51.7 Å². The number of hydrogen-bond acceptors (Lipinski definition) is 10. The van der Waals surface area contributed by atoms with Gasteiger partial charge in [0, 0.05) is 6.08 Å². The molecule has 0 amide bonds. The Morgan fingerprint density at radius 3 is 1.82 bits per heavy atom. The summed E-state index contributed by atoms with van der Waals surface area (Å²) >= 11 is 0. The molecule has 0 aliphatic carbocycles. The van der Waals surface area contributed by atoms with Crippen molar-refractivity contribution in [3.63, 3.8) is 0 Å². The summed E-state index contributed by atoms with van der Waals surface area (Å²) in [6.45, 7) is -0.696. The second-order valence-corrected chi connectivity index (χ2v) is 6.51. The van der Waals surface area contributed by atoms with E-state index >= 15 is 0 Å². The number of phenolic OH excluding ortho intramolecular Hbond substituents is 4. The van der Waals surface area contributed by atoms with E-state index < -0.39 is 24.7 Å². The highest BCUT2D eigenvalue weighted by Crippen LogP contribution is 2.26. The van der Waals surface area contributed by atoms with Crippen LogP contribution in [0.25, 0.3) is 12.2 Å². The van der Waals surface area contributed by atoms with Gasteiger partial charge in [0.1, 0.15) is 6.61 Å². The van der Waals surface area contributed by atoms with Crippen molar-refractivity contribution in [2.45, 2.75) is 12.8 Å². The third kappa shape index (κ3) is 9.05. The van der Waals surface area contributed by atoms with Gasteiger partial charge in [0.05, 0.1) is 12.8 Å². The second kappa shape index (κ2) is 12.4. The molecule has 0 aromatic heterocycles. The third-order valence-corrected chi connectivity index (χ3v) is 4.02. The normalized spacial score (nSPS) is 10.9. The number of carbonyl (C=O) groups excluding carboxylic acids is 3. The standard InChI is InChI=1S/C23H22O10/c24-17-6-3-15(12-19(17)26)2-1-11-31-21(28)9-10-23(30)33-14-32-22(29)8-5-16-4-7-18(25)20(27)13-16/h1-8,12-13,24-27H,9-11,14H2. The number of rotatable bonds is 10. The molecular formula is C23H22O10. The number of ether oxygens (including phenoxy) is 3. The van der Waals surface area contributed by atoms with Crippen LogP contribution < -0.4 is 0 Å². The number of hydrogen-bond donors (Lipinski definition) is 4. The molecule has 0 atom stereocenters. The summed E-state index contributed by atoms with van der Waals surface area (Å²) in [5.41, 5.74) is 1.03. The molecule has 0 radical (unpaired) electrons. The van der Waals surface area contributed by atoms with Crippen LogP contribution in [0.3, 0.4) is 0 Å². The molecule has 0 heterocycles. The Bertz CT molecular complexity index is 1060. The van der Waals surface area contributed by atoms with Gasteiger partial charge < -0.3 is 34.6 Å². The Kier molecular flexibility index (Phi) is 9.32. The smallest absolute Gasteiger partial charge is 0.333 e. The van der Waals surface area contributed by atoms with E-state index in [1.165, 1.54) is 42.5 Å². The van der Waals surface area contributed by atoms with E-state index in [1.807, 2.05) is 0 Å². The monoisotopic (exact) mass is 458 g/mol. The van der Waals surface area contributed by atoms with Crippen molar-refractivity contribution < 1.29 is 49.0 Å². The minimum absolute atomic E-state index is 0.0573. The summed E-state index contributed by atoms with van der Waals surface area (Å²) in [4.78, 5) is 34.8. The Morgan fingerprint density at radius 1 is 0.697 bits per heavy atom. The largest absolute Gasteiger partial charge is 0.504 e. The van der Waals surface area contributed by atoms with Crippen LogP contribution in [0.4, 0.5) is 0 Å². The van der Waals surface area contributed by atoms with Gasteiger partial charge in [-0.25, -0.2) is 4.79 Å². The highest BCUT2D eigenvalue weighted by Gasteiger charge is 2.09. The lowest BCUT2D eigenvalue weighted by Crippen LogP contribution is -2.13. The zero-order chi connectivity index (χ0) is 24.2. The molecule has 0 aliphatic rings. The molecule has 4 N–H and O–H groups in total. The van der Waals surface area contributed by atoms with Gasteiger partial charge in [-0.2, -0.15) is 0 Å². The SMILES string of the molecule is O=C(C=Cc1ccc(O)c(O)c1)OCOC(=O)CCC(=O)OCC=Cc1ccc(O)c(O)c1. The first kappa shape index (κ1) is 24.8. The molecule has 0 aliphatic heterocycles. The number of aromatic hydroxyl groups is 4. The maximum Gasteiger partial charge on any atom is 0.333 e. The van der Waals surface area contributed by atoms with Gasteiger partial charge in [0.15, 0.2) is 23.0 Å². The fraction of sp³-hybridized carbons (Fsp3) is 0.174. The highest BCUT2D eigenvalue weighted by atomic mass is 16.7. The van der Waals surface area contributed by atoms with Gasteiger partial charge in [0.25, 0.3) is 0 Å². The molecule has 33 heavy (non-hydrogen) atoms. The molecule has 0 unspecified atom stereocenters. The van der Waals surface area contributed by atoms with Crippen molar-refractivity contribution in [2.24, 2.45) is 0 Å². The summed E-state index contributed by atoms with van der Waals surface area (Å²) in [6.07, 6.45) is 4.98. The average molecular weight is 458 g/mol. The summed E-state index contributed by atoms with van der Waals surface area (Å²) in [7, 11) is 0. The Hall–Kier alpha value is -4.47. The van der Waals surface area contributed by atoms with Crippen LogP contribution in [0.2, 0.25) is 0 Å². The van der Waals surface area contributed by atoms with Crippen molar-refractivity contribution >= 4 is 30.1 Å². The predicted octanol–water partition coefficient (Wildman–Crippen LogP) is 2.60. The van der Waals surface area contributed by atoms with Crippen LogP contribution in [-0.2, 0) is 28.6 Å². The van der Waals surface area contributed by atoms with Crippen LogP contribution in [0.15, 0.2) is 48.6 Å². The number of carbonyl (C=O) groups is 3. The number of phenols is 4. The molecule has 0 saturated heterocycles. The molecule has 0 bridgehead atoms. The minimum atomic E-state index is -0.802. The van der Waals surface area contributed by atoms with Crippen molar-refractivity contribution in [2.75, 3.05) is 13.4 Å². The van der Waals surface area contributed by atoms with Gasteiger partial charge in [-0.1, -0.05) is 18.2 Å². The van der Waals surface area contributed by atoms with Crippen LogP contribution in [0, 0.1) is 0 Å². The Morgan fingerprint density at radius 2 is 1.24 bits per heavy atom. The second-order valence-electron chi connectivity index (χ2n) is 6.51. The number of esters is 3. The van der Waals surface area contributed by atoms with Crippen molar-refractivity contribution in [1.82, 2.24) is 0 Å². The molecule has 10 nitrogen and oxygen atoms in total. The fourth-order valence-electron chi connectivity index (χ4n) is 2.33. The highest BCUT2D eigenvalue weighted by molar-refractivity contribution is 5.87. The van der Waals surface area contributed by atoms with Crippen molar-refractivity contribution in [1.29, 1.82) is 0 Å². The van der Waals surface area contributed by atoms with E-state index in [4.69, 9.17) is 14.2 Å². The lowest BCUT2D eigenvalue weighted by atomic mass is 10.2. The maximum atomic E-state index is 11.6. The average Bonchev–Trinajstić information content (AvgIpc) is 2.78. The van der Waals surface area contributed by atoms with Gasteiger partial charge >= 0.3 is 17.9 Å². The van der Waals surface area contributed by atoms with Crippen LogP contribution in [0.1, 0.15) is 24.0 Å². The Balaban J connectivity index is 1.60. The molecule has 0 fully saturated rings. The van der Waals surface area contributed by atoms with Gasteiger partial charge in [-0.05, 0) is 47.5 Å². The van der Waals surface area contributed by atoms with Crippen LogP contribution >= 0.6 is 0 Å². The quantitative estimate of drug-likeness (QED) is 0.180. The first-order valence-electron chi connectivity index (χ1n) is 9.61. The summed E-state index contributed by atoms with van der Waals surface area (Å²) in [6, 6.07) is 8.18. The van der Waals surface area contributed by atoms with Gasteiger partial charge in [0.2, 0.25) is 6.79 Å². The molecule has 0 saturated carbocycles. The predicted molar refractivity (Wildman–Crippen MR) is 115 cm³/mol. The summed E-state index contributed by atoms with van der Waals surface area (Å²) in [5.74, 6) is -3.35. The maximum absolute atomic E-state index is 11.6. The van der Waals surface area contributed by atoms with Crippen molar-refractivity contribution in [3.8, 4) is 23.0 Å². The zero-order valence-electron chi connectivity index (χ0n) is 17.3. The first-order chi connectivity index (χ1) is 15.7.